The van der Waals surface area contributed by atoms with E-state index in [4.69, 9.17) is 4.43 Å². The van der Waals surface area contributed by atoms with Gasteiger partial charge in [0.05, 0.1) is 6.26 Å². The molecular formula is C11H21FO2Si. The summed E-state index contributed by atoms with van der Waals surface area (Å²) in [4.78, 5) is 10.0. The van der Waals surface area contributed by atoms with Crippen LogP contribution in [0.2, 0.25) is 18.1 Å². The molecule has 0 radical (unpaired) electrons. The molecule has 1 unspecified atom stereocenters. The van der Waals surface area contributed by atoms with Gasteiger partial charge < -0.3 is 9.22 Å². The molecule has 0 rings (SSSR count). The summed E-state index contributed by atoms with van der Waals surface area (Å²) in [6.07, 6.45) is 2.09. The zero-order valence-electron chi connectivity index (χ0n) is 10.2. The fraction of sp³-hybridized carbons (Fsp3) is 0.727. The number of hydrogen-bond acceptors (Lipinski definition) is 2. The van der Waals surface area contributed by atoms with Crippen molar-refractivity contribution < 1.29 is 13.6 Å². The second-order valence-electron chi connectivity index (χ2n) is 5.14. The lowest BCUT2D eigenvalue weighted by atomic mass is 10.2. The van der Waals surface area contributed by atoms with Crippen LogP contribution in [0.4, 0.5) is 4.39 Å². The van der Waals surface area contributed by atoms with Crippen molar-refractivity contribution in [3.8, 4) is 0 Å². The molecule has 0 aliphatic rings. The lowest BCUT2D eigenvalue weighted by molar-refractivity contribution is -0.111. The molecule has 0 aliphatic carbocycles. The first-order chi connectivity index (χ1) is 6.70. The fourth-order valence-electron chi connectivity index (χ4n) is 0.636. The van der Waals surface area contributed by atoms with Gasteiger partial charge in [0.15, 0.2) is 12.5 Å². The molecule has 2 nitrogen and oxygen atoms in total. The highest BCUT2D eigenvalue weighted by atomic mass is 28.4. The van der Waals surface area contributed by atoms with Gasteiger partial charge in [-0.05, 0) is 24.2 Å². The van der Waals surface area contributed by atoms with Crippen molar-refractivity contribution in [2.75, 3.05) is 0 Å². The SMILES string of the molecule is CC(C)(C)[Si](C)(C)O/C=C\CC(F)C=O. The van der Waals surface area contributed by atoms with Crippen LogP contribution in [0.15, 0.2) is 12.3 Å². The molecule has 15 heavy (non-hydrogen) atoms. The Morgan fingerprint density at radius 3 is 2.33 bits per heavy atom. The van der Waals surface area contributed by atoms with Crippen LogP contribution in [-0.4, -0.2) is 20.8 Å². The topological polar surface area (TPSA) is 26.3 Å². The molecule has 0 aromatic heterocycles. The van der Waals surface area contributed by atoms with Crippen molar-refractivity contribution in [2.45, 2.75) is 51.5 Å². The molecule has 0 bridgehead atoms. The highest BCUT2D eigenvalue weighted by Gasteiger charge is 2.37. The molecule has 0 aromatic carbocycles. The Morgan fingerprint density at radius 1 is 1.40 bits per heavy atom. The molecule has 0 aromatic rings. The summed E-state index contributed by atoms with van der Waals surface area (Å²) >= 11 is 0. The predicted molar refractivity (Wildman–Crippen MR) is 63.0 cm³/mol. The largest absolute Gasteiger partial charge is 0.549 e. The maximum Gasteiger partial charge on any atom is 0.249 e. The van der Waals surface area contributed by atoms with Gasteiger partial charge in [0.2, 0.25) is 8.32 Å². The highest BCUT2D eigenvalue weighted by Crippen LogP contribution is 2.36. The molecule has 0 fully saturated rings. The van der Waals surface area contributed by atoms with Crippen molar-refractivity contribution in [1.29, 1.82) is 0 Å². The molecule has 0 N–H and O–H groups in total. The van der Waals surface area contributed by atoms with Gasteiger partial charge in [-0.25, -0.2) is 4.39 Å². The van der Waals surface area contributed by atoms with Gasteiger partial charge in [-0.1, -0.05) is 20.8 Å². The van der Waals surface area contributed by atoms with E-state index in [-0.39, 0.29) is 11.5 Å². The number of carbonyl (C=O) groups excluding carboxylic acids is 1. The summed E-state index contributed by atoms with van der Waals surface area (Å²) < 4.78 is 18.2. The predicted octanol–water partition coefficient (Wildman–Crippen LogP) is 3.45. The van der Waals surface area contributed by atoms with E-state index in [1.54, 1.807) is 6.08 Å². The summed E-state index contributed by atoms with van der Waals surface area (Å²) in [5, 5.41) is 0.136. The number of carbonyl (C=O) groups is 1. The van der Waals surface area contributed by atoms with E-state index in [9.17, 15) is 9.18 Å². The van der Waals surface area contributed by atoms with E-state index in [0.29, 0.717) is 6.29 Å². The summed E-state index contributed by atoms with van der Waals surface area (Å²) in [5.41, 5.74) is 0. The summed E-state index contributed by atoms with van der Waals surface area (Å²) in [5.74, 6) is 0. The van der Waals surface area contributed by atoms with E-state index >= 15 is 0 Å². The first-order valence-corrected chi connectivity index (χ1v) is 8.04. The third-order valence-corrected chi connectivity index (χ3v) is 7.11. The standard InChI is InChI=1S/C11H21FO2Si/c1-11(2,3)15(4,5)14-8-6-7-10(12)9-13/h6,8-10H,7H2,1-5H3/b8-6-. The Balaban J connectivity index is 4.10. The van der Waals surface area contributed by atoms with Crippen LogP contribution in [0.25, 0.3) is 0 Å². The zero-order chi connectivity index (χ0) is 12.1. The molecule has 0 heterocycles. The first kappa shape index (κ1) is 14.4. The van der Waals surface area contributed by atoms with Gasteiger partial charge in [-0.3, -0.25) is 0 Å². The Hall–Kier alpha value is -0.643. The van der Waals surface area contributed by atoms with E-state index in [2.05, 4.69) is 33.9 Å². The van der Waals surface area contributed by atoms with Gasteiger partial charge in [0.25, 0.3) is 0 Å². The van der Waals surface area contributed by atoms with E-state index in [1.807, 2.05) is 0 Å². The maximum absolute atomic E-state index is 12.5. The molecule has 0 aliphatic heterocycles. The Labute approximate surface area is 92.6 Å². The van der Waals surface area contributed by atoms with Crippen LogP contribution < -0.4 is 0 Å². The van der Waals surface area contributed by atoms with Gasteiger partial charge in [0, 0.05) is 6.42 Å². The van der Waals surface area contributed by atoms with E-state index < -0.39 is 14.5 Å². The molecule has 4 heteroatoms. The van der Waals surface area contributed by atoms with Crippen molar-refractivity contribution >= 4 is 14.6 Å². The number of aldehydes is 1. The van der Waals surface area contributed by atoms with Gasteiger partial charge in [-0.15, -0.1) is 0 Å². The summed E-state index contributed by atoms with van der Waals surface area (Å²) in [7, 11) is -1.78. The van der Waals surface area contributed by atoms with Crippen LogP contribution >= 0.6 is 0 Å². The van der Waals surface area contributed by atoms with E-state index in [1.165, 1.54) is 6.26 Å². The summed E-state index contributed by atoms with van der Waals surface area (Å²) in [6.45, 7) is 10.6. The van der Waals surface area contributed by atoms with Crippen molar-refractivity contribution in [3.05, 3.63) is 12.3 Å². The molecule has 0 spiro atoms. The minimum atomic E-state index is -1.78. The maximum atomic E-state index is 12.5. The monoisotopic (exact) mass is 232 g/mol. The average Bonchev–Trinajstić information content (AvgIpc) is 2.10. The second kappa shape index (κ2) is 5.44. The third kappa shape index (κ3) is 5.11. The van der Waals surface area contributed by atoms with Gasteiger partial charge in [-0.2, -0.15) is 0 Å². The van der Waals surface area contributed by atoms with Crippen LogP contribution in [-0.2, 0) is 9.22 Å². The van der Waals surface area contributed by atoms with Gasteiger partial charge >= 0.3 is 0 Å². The second-order valence-corrected chi connectivity index (χ2v) is 9.89. The number of halogens is 1. The average molecular weight is 232 g/mol. The van der Waals surface area contributed by atoms with Crippen molar-refractivity contribution in [3.63, 3.8) is 0 Å². The number of hydrogen-bond donors (Lipinski definition) is 0. The van der Waals surface area contributed by atoms with E-state index in [0.717, 1.165) is 0 Å². The normalized spacial score (nSPS) is 15.3. The van der Waals surface area contributed by atoms with Crippen molar-refractivity contribution in [1.82, 2.24) is 0 Å². The van der Waals surface area contributed by atoms with Crippen LogP contribution in [0.5, 0.6) is 0 Å². The fourth-order valence-corrected chi connectivity index (χ4v) is 1.43. The lowest BCUT2D eigenvalue weighted by Gasteiger charge is -2.34. The van der Waals surface area contributed by atoms with Crippen LogP contribution in [0.1, 0.15) is 27.2 Å². The molecule has 0 saturated carbocycles. The molecule has 1 atom stereocenters. The molecular weight excluding hydrogens is 211 g/mol. The highest BCUT2D eigenvalue weighted by molar-refractivity contribution is 6.74. The van der Waals surface area contributed by atoms with Gasteiger partial charge in [0.1, 0.15) is 0 Å². The quantitative estimate of drug-likeness (QED) is 0.412. The van der Waals surface area contributed by atoms with Crippen molar-refractivity contribution in [2.24, 2.45) is 0 Å². The Kier molecular flexibility index (Phi) is 5.21. The number of alkyl halides is 1. The molecule has 0 saturated heterocycles. The molecule has 0 amide bonds. The third-order valence-electron chi connectivity index (χ3n) is 2.77. The Bertz CT molecular complexity index is 231. The number of allylic oxidation sites excluding steroid dienone is 1. The Morgan fingerprint density at radius 2 is 1.93 bits per heavy atom. The smallest absolute Gasteiger partial charge is 0.249 e. The minimum Gasteiger partial charge on any atom is -0.549 e. The zero-order valence-corrected chi connectivity index (χ0v) is 11.2. The van der Waals surface area contributed by atoms with Crippen LogP contribution in [0, 0.1) is 0 Å². The van der Waals surface area contributed by atoms with Crippen LogP contribution in [0.3, 0.4) is 0 Å². The minimum absolute atomic E-state index is 0.0954. The number of rotatable bonds is 5. The lowest BCUT2D eigenvalue weighted by Crippen LogP contribution is -2.39. The summed E-state index contributed by atoms with van der Waals surface area (Å²) in [6, 6.07) is 0. The first-order valence-electron chi connectivity index (χ1n) is 5.13. The molecule has 88 valence electrons.